The van der Waals surface area contributed by atoms with Gasteiger partial charge in [-0.05, 0) is 0 Å². The van der Waals surface area contributed by atoms with E-state index >= 15 is 0 Å². The van der Waals surface area contributed by atoms with Gasteiger partial charge in [-0.15, -0.1) is 0 Å². The summed E-state index contributed by atoms with van der Waals surface area (Å²) in [5.41, 5.74) is 0. The Labute approximate surface area is 162 Å². The summed E-state index contributed by atoms with van der Waals surface area (Å²) in [4.78, 5) is 68.6. The average molecular weight is 423 g/mol. The zero-order chi connectivity index (χ0) is 22.7. The third-order valence-corrected chi connectivity index (χ3v) is 3.34. The molecule has 0 saturated carbocycles. The summed E-state index contributed by atoms with van der Waals surface area (Å²) >= 11 is 0. The van der Waals surface area contributed by atoms with E-state index in [0.717, 1.165) is 4.90 Å². The van der Waals surface area contributed by atoms with Crippen molar-refractivity contribution in [2.45, 2.75) is 6.17 Å². The molecule has 0 spiro atoms. The maximum absolute atomic E-state index is 11.1. The van der Waals surface area contributed by atoms with Gasteiger partial charge in [-0.2, -0.15) is 0 Å². The van der Waals surface area contributed by atoms with Crippen molar-refractivity contribution in [3.63, 3.8) is 0 Å². The monoisotopic (exact) mass is 423 g/mol. The molecule has 0 fully saturated rings. The van der Waals surface area contributed by atoms with Crippen molar-refractivity contribution in [3.8, 4) is 0 Å². The van der Waals surface area contributed by atoms with Crippen LogP contribution in [-0.4, -0.2) is 133 Å². The highest BCUT2D eigenvalue weighted by molar-refractivity contribution is 5.74. The van der Waals surface area contributed by atoms with Crippen molar-refractivity contribution in [2.24, 2.45) is 0 Å². The summed E-state index contributed by atoms with van der Waals surface area (Å²) in [6.45, 7) is -6.20. The van der Waals surface area contributed by atoms with Crippen LogP contribution in [0.1, 0.15) is 0 Å². The highest BCUT2D eigenvalue weighted by Gasteiger charge is 2.33. The van der Waals surface area contributed by atoms with Gasteiger partial charge in [-0.3, -0.25) is 43.5 Å². The molecule has 29 heavy (non-hydrogen) atoms. The number of aliphatic carboxylic acids is 6. The lowest BCUT2D eigenvalue weighted by Crippen LogP contribution is -2.59. The van der Waals surface area contributed by atoms with E-state index < -0.39 is 87.8 Å². The Morgan fingerprint density at radius 1 is 0.483 bits per heavy atom. The molecule has 0 unspecified atom stereocenters. The quantitative estimate of drug-likeness (QED) is 0.134. The normalized spacial score (nSPS) is 11.2. The fraction of sp³-hybridized carbons (Fsp3) is 0.571. The Morgan fingerprint density at radius 2 is 0.724 bits per heavy atom. The number of carbonyl (C=O) groups is 6. The van der Waals surface area contributed by atoms with E-state index in [4.69, 9.17) is 30.6 Å². The molecule has 0 bridgehead atoms. The van der Waals surface area contributed by atoms with E-state index in [9.17, 15) is 28.8 Å². The van der Waals surface area contributed by atoms with Crippen molar-refractivity contribution < 1.29 is 59.4 Å². The number of hydrogen-bond donors (Lipinski definition) is 6. The van der Waals surface area contributed by atoms with Gasteiger partial charge in [0.1, 0.15) is 0 Å². The van der Waals surface area contributed by atoms with Crippen LogP contribution in [-0.2, 0) is 28.8 Å². The lowest BCUT2D eigenvalue weighted by molar-refractivity contribution is -0.153. The molecule has 0 aromatic rings. The second-order valence-electron chi connectivity index (χ2n) is 5.82. The second kappa shape index (κ2) is 12.2. The van der Waals surface area contributed by atoms with Gasteiger partial charge >= 0.3 is 35.8 Å². The van der Waals surface area contributed by atoms with Gasteiger partial charge in [0.05, 0.1) is 45.4 Å². The van der Waals surface area contributed by atoms with Gasteiger partial charge in [0.25, 0.3) is 0 Å². The van der Waals surface area contributed by atoms with Crippen molar-refractivity contribution >= 4 is 35.8 Å². The van der Waals surface area contributed by atoms with Crippen LogP contribution in [0.2, 0.25) is 0 Å². The number of carboxylic acid groups (broad SMARTS) is 6. The Balaban J connectivity index is 6.09. The van der Waals surface area contributed by atoms with Crippen LogP contribution in [0.5, 0.6) is 0 Å². The Bertz CT molecular complexity index is 568. The zero-order valence-corrected chi connectivity index (χ0v) is 15.0. The Hall–Kier alpha value is -3.30. The number of rotatable bonds is 16. The number of carboxylic acids is 6. The maximum atomic E-state index is 11.1. The van der Waals surface area contributed by atoms with Gasteiger partial charge in [-0.25, -0.2) is 0 Å². The molecule has 0 amide bonds. The van der Waals surface area contributed by atoms with Crippen LogP contribution < -0.4 is 0 Å². The fourth-order valence-electron chi connectivity index (χ4n) is 2.49. The van der Waals surface area contributed by atoms with Gasteiger partial charge in [0.15, 0.2) is 0 Å². The molecule has 0 aliphatic heterocycles. The van der Waals surface area contributed by atoms with Crippen molar-refractivity contribution in [1.29, 1.82) is 0 Å². The highest BCUT2D eigenvalue weighted by Crippen LogP contribution is 2.10. The molecule has 0 aromatic heterocycles. The summed E-state index contributed by atoms with van der Waals surface area (Å²) in [6, 6.07) is 0. The molecule has 15 nitrogen and oxygen atoms in total. The first-order chi connectivity index (χ1) is 13.3. The third kappa shape index (κ3) is 11.9. The second-order valence-corrected chi connectivity index (χ2v) is 5.82. The van der Waals surface area contributed by atoms with Crippen LogP contribution in [0.3, 0.4) is 0 Å². The first kappa shape index (κ1) is 25.7. The van der Waals surface area contributed by atoms with Crippen LogP contribution >= 0.6 is 0 Å². The molecular formula is C14H21N3O12. The molecule has 0 heterocycles. The number of nitrogens with zero attached hydrogens (tertiary/aromatic N) is 3. The minimum atomic E-state index is -1.55. The molecule has 0 aliphatic carbocycles. The van der Waals surface area contributed by atoms with Crippen LogP contribution in [0.15, 0.2) is 0 Å². The first-order valence-electron chi connectivity index (χ1n) is 7.83. The molecule has 0 atom stereocenters. The van der Waals surface area contributed by atoms with Crippen LogP contribution in [0.4, 0.5) is 0 Å². The molecule has 164 valence electrons. The minimum Gasteiger partial charge on any atom is -0.480 e. The lowest BCUT2D eigenvalue weighted by atomic mass is 10.2. The smallest absolute Gasteiger partial charge is 0.317 e. The van der Waals surface area contributed by atoms with E-state index in [0.29, 0.717) is 9.80 Å². The van der Waals surface area contributed by atoms with Crippen molar-refractivity contribution in [2.75, 3.05) is 45.8 Å². The van der Waals surface area contributed by atoms with Gasteiger partial charge in [0, 0.05) is 6.54 Å². The highest BCUT2D eigenvalue weighted by atomic mass is 16.4. The zero-order valence-electron chi connectivity index (χ0n) is 15.0. The molecule has 0 saturated heterocycles. The van der Waals surface area contributed by atoms with Crippen LogP contribution in [0.25, 0.3) is 0 Å². The average Bonchev–Trinajstić information content (AvgIpc) is 2.47. The van der Waals surface area contributed by atoms with E-state index in [2.05, 4.69) is 0 Å². The van der Waals surface area contributed by atoms with Crippen molar-refractivity contribution in [3.05, 3.63) is 0 Å². The summed E-state index contributed by atoms with van der Waals surface area (Å²) in [5.74, 6) is -9.02. The van der Waals surface area contributed by atoms with E-state index in [-0.39, 0.29) is 0 Å². The summed E-state index contributed by atoms with van der Waals surface area (Å²) in [5, 5.41) is 54.0. The van der Waals surface area contributed by atoms with Crippen LogP contribution in [0, 0.1) is 0 Å². The first-order valence-corrected chi connectivity index (χ1v) is 7.83. The predicted octanol–water partition coefficient (Wildman–Crippen LogP) is -3.27. The van der Waals surface area contributed by atoms with Gasteiger partial charge in [-0.1, -0.05) is 0 Å². The fourth-order valence-corrected chi connectivity index (χ4v) is 2.49. The van der Waals surface area contributed by atoms with Crippen molar-refractivity contribution in [1.82, 2.24) is 14.7 Å². The Kier molecular flexibility index (Phi) is 10.8. The van der Waals surface area contributed by atoms with E-state index in [1.54, 1.807) is 0 Å². The molecular weight excluding hydrogens is 402 g/mol. The third-order valence-electron chi connectivity index (χ3n) is 3.34. The van der Waals surface area contributed by atoms with Gasteiger partial charge < -0.3 is 30.6 Å². The maximum Gasteiger partial charge on any atom is 0.317 e. The Morgan fingerprint density at radius 3 is 0.931 bits per heavy atom. The molecule has 0 rings (SSSR count). The topological polar surface area (TPSA) is 234 Å². The summed E-state index contributed by atoms with van der Waals surface area (Å²) < 4.78 is 0. The van der Waals surface area contributed by atoms with E-state index in [1.807, 2.05) is 0 Å². The lowest BCUT2D eigenvalue weighted by Gasteiger charge is -2.39. The summed E-state index contributed by atoms with van der Waals surface area (Å²) in [7, 11) is 0. The minimum absolute atomic E-state index is 0.653. The summed E-state index contributed by atoms with van der Waals surface area (Å²) in [6.07, 6.45) is -1.55. The molecule has 6 N–H and O–H groups in total. The standard InChI is InChI=1S/C14H21N3O12/c18-9(19)2-15(3-10(20)21)1-8(16(4-11(22)23)5-12(24)25)17(6-13(26)27)7-14(28)29/h8H,1-7H2,(H,18,19)(H,20,21)(H,22,23)(H,24,25)(H,26,27)(H,28,29). The molecule has 15 heteroatoms. The van der Waals surface area contributed by atoms with E-state index in [1.165, 1.54) is 0 Å². The molecule has 0 aliphatic rings. The number of hydrogen-bond acceptors (Lipinski definition) is 9. The molecule has 0 radical (unpaired) electrons. The SMILES string of the molecule is O=C(O)CN(CC(=O)O)CC(N(CC(=O)O)CC(=O)O)N(CC(=O)O)CC(=O)O. The molecule has 0 aromatic carbocycles. The largest absolute Gasteiger partial charge is 0.480 e. The van der Waals surface area contributed by atoms with Gasteiger partial charge in [0.2, 0.25) is 0 Å². The predicted molar refractivity (Wildman–Crippen MR) is 89.2 cm³/mol.